The van der Waals surface area contributed by atoms with E-state index in [0.717, 1.165) is 12.0 Å². The fourth-order valence-electron chi connectivity index (χ4n) is 2.50. The summed E-state index contributed by atoms with van der Waals surface area (Å²) >= 11 is 1.94. The summed E-state index contributed by atoms with van der Waals surface area (Å²) in [5.41, 5.74) is 1.39. The van der Waals surface area contributed by atoms with Crippen molar-refractivity contribution < 1.29 is 0 Å². The van der Waals surface area contributed by atoms with Crippen molar-refractivity contribution in [1.29, 1.82) is 0 Å². The van der Waals surface area contributed by atoms with Crippen LogP contribution in [-0.2, 0) is 12.8 Å². The van der Waals surface area contributed by atoms with Crippen LogP contribution in [0, 0.1) is 5.92 Å². The highest BCUT2D eigenvalue weighted by molar-refractivity contribution is 7.11. The van der Waals surface area contributed by atoms with Gasteiger partial charge in [0.1, 0.15) is 5.01 Å². The van der Waals surface area contributed by atoms with E-state index in [4.69, 9.17) is 4.98 Å². The lowest BCUT2D eigenvalue weighted by Gasteiger charge is -2.09. The third kappa shape index (κ3) is 2.03. The van der Waals surface area contributed by atoms with Crippen LogP contribution in [0.15, 0.2) is 0 Å². The van der Waals surface area contributed by atoms with Gasteiger partial charge in [-0.15, -0.1) is 11.3 Å². The predicted octanol–water partition coefficient (Wildman–Crippen LogP) is 3.08. The van der Waals surface area contributed by atoms with Gasteiger partial charge in [0.2, 0.25) is 0 Å². The number of thiazole rings is 1. The molecule has 0 saturated heterocycles. The van der Waals surface area contributed by atoms with Gasteiger partial charge in [-0.05, 0) is 44.9 Å². The third-order valence-electron chi connectivity index (χ3n) is 3.81. The van der Waals surface area contributed by atoms with Gasteiger partial charge >= 0.3 is 0 Å². The van der Waals surface area contributed by atoms with E-state index in [1.807, 2.05) is 11.3 Å². The lowest BCUT2D eigenvalue weighted by atomic mass is 10.0. The minimum absolute atomic E-state index is 0.450. The SMILES string of the molecule is CC(NC1CC1C)c1nc2c(s1)CCCC2. The van der Waals surface area contributed by atoms with Crippen molar-refractivity contribution in [3.63, 3.8) is 0 Å². The Balaban J connectivity index is 1.70. The van der Waals surface area contributed by atoms with Crippen molar-refractivity contribution >= 4 is 11.3 Å². The molecule has 0 aliphatic heterocycles. The summed E-state index contributed by atoms with van der Waals surface area (Å²) in [5, 5.41) is 4.99. The zero-order valence-electron chi connectivity index (χ0n) is 10.1. The molecule has 0 spiro atoms. The fraction of sp³-hybridized carbons (Fsp3) is 0.769. The molecule has 1 aromatic heterocycles. The van der Waals surface area contributed by atoms with E-state index in [1.165, 1.54) is 42.8 Å². The molecule has 2 aliphatic rings. The Morgan fingerprint density at radius 1 is 1.38 bits per heavy atom. The van der Waals surface area contributed by atoms with E-state index in [9.17, 15) is 0 Å². The lowest BCUT2D eigenvalue weighted by molar-refractivity contribution is 0.547. The molecule has 3 unspecified atom stereocenters. The topological polar surface area (TPSA) is 24.9 Å². The summed E-state index contributed by atoms with van der Waals surface area (Å²) in [5.74, 6) is 0.872. The molecule has 1 aromatic rings. The van der Waals surface area contributed by atoms with Gasteiger partial charge in [0.25, 0.3) is 0 Å². The van der Waals surface area contributed by atoms with Crippen molar-refractivity contribution in [2.75, 3.05) is 0 Å². The summed E-state index contributed by atoms with van der Waals surface area (Å²) in [7, 11) is 0. The van der Waals surface area contributed by atoms with Crippen LogP contribution in [0.2, 0.25) is 0 Å². The number of nitrogens with one attached hydrogen (secondary N) is 1. The van der Waals surface area contributed by atoms with Gasteiger partial charge in [-0.1, -0.05) is 6.92 Å². The number of rotatable bonds is 3. The van der Waals surface area contributed by atoms with E-state index >= 15 is 0 Å². The minimum Gasteiger partial charge on any atom is -0.305 e. The standard InChI is InChI=1S/C13H20N2S/c1-8-7-11(8)14-9(2)13-15-10-5-3-4-6-12(10)16-13/h8-9,11,14H,3-7H2,1-2H3. The molecule has 16 heavy (non-hydrogen) atoms. The molecule has 3 rings (SSSR count). The Kier molecular flexibility index (Phi) is 2.76. The molecule has 2 aliphatic carbocycles. The van der Waals surface area contributed by atoms with E-state index in [0.29, 0.717) is 6.04 Å². The van der Waals surface area contributed by atoms with Gasteiger partial charge in [-0.2, -0.15) is 0 Å². The molecule has 0 radical (unpaired) electrons. The summed E-state index contributed by atoms with van der Waals surface area (Å²) in [4.78, 5) is 6.37. The van der Waals surface area contributed by atoms with E-state index < -0.39 is 0 Å². The molecule has 0 aromatic carbocycles. The average molecular weight is 236 g/mol. The average Bonchev–Trinajstić information content (AvgIpc) is 2.82. The van der Waals surface area contributed by atoms with Crippen LogP contribution in [0.3, 0.4) is 0 Å². The monoisotopic (exact) mass is 236 g/mol. The Labute approximate surface area is 101 Å². The minimum atomic E-state index is 0.450. The van der Waals surface area contributed by atoms with Gasteiger partial charge < -0.3 is 5.32 Å². The zero-order chi connectivity index (χ0) is 11.1. The molecule has 1 fully saturated rings. The first-order valence-corrected chi connectivity index (χ1v) is 7.30. The van der Waals surface area contributed by atoms with Crippen molar-refractivity contribution in [3.05, 3.63) is 15.6 Å². The van der Waals surface area contributed by atoms with Crippen LogP contribution in [-0.4, -0.2) is 11.0 Å². The third-order valence-corrected chi connectivity index (χ3v) is 5.15. The molecule has 3 heteroatoms. The van der Waals surface area contributed by atoms with Crippen LogP contribution in [0.4, 0.5) is 0 Å². The first kappa shape index (κ1) is 10.7. The Morgan fingerprint density at radius 2 is 2.12 bits per heavy atom. The molecule has 1 heterocycles. The molecule has 0 bridgehead atoms. The second kappa shape index (κ2) is 4.11. The zero-order valence-corrected chi connectivity index (χ0v) is 10.9. The van der Waals surface area contributed by atoms with E-state index in [1.54, 1.807) is 4.88 Å². The Morgan fingerprint density at radius 3 is 2.81 bits per heavy atom. The molecule has 2 nitrogen and oxygen atoms in total. The second-order valence-corrected chi connectivity index (χ2v) is 6.45. The lowest BCUT2D eigenvalue weighted by Crippen LogP contribution is -2.21. The predicted molar refractivity (Wildman–Crippen MR) is 67.9 cm³/mol. The van der Waals surface area contributed by atoms with Gasteiger partial charge in [-0.3, -0.25) is 0 Å². The summed E-state index contributed by atoms with van der Waals surface area (Å²) in [6.45, 7) is 4.58. The van der Waals surface area contributed by atoms with Crippen molar-refractivity contribution in [3.8, 4) is 0 Å². The van der Waals surface area contributed by atoms with Crippen LogP contribution >= 0.6 is 11.3 Å². The Hall–Kier alpha value is -0.410. The summed E-state index contributed by atoms with van der Waals surface area (Å²) in [6, 6.07) is 1.20. The quantitative estimate of drug-likeness (QED) is 0.872. The van der Waals surface area contributed by atoms with Crippen LogP contribution < -0.4 is 5.32 Å². The molecule has 0 amide bonds. The molecule has 1 N–H and O–H groups in total. The largest absolute Gasteiger partial charge is 0.305 e. The van der Waals surface area contributed by atoms with E-state index in [2.05, 4.69) is 19.2 Å². The number of aryl methyl sites for hydroxylation is 2. The van der Waals surface area contributed by atoms with Crippen LogP contribution in [0.1, 0.15) is 54.7 Å². The number of aromatic nitrogens is 1. The highest BCUT2D eigenvalue weighted by Gasteiger charge is 2.34. The normalized spacial score (nSPS) is 29.9. The highest BCUT2D eigenvalue weighted by atomic mass is 32.1. The number of nitrogens with zero attached hydrogens (tertiary/aromatic N) is 1. The van der Waals surface area contributed by atoms with Crippen molar-refractivity contribution in [1.82, 2.24) is 10.3 Å². The van der Waals surface area contributed by atoms with Crippen molar-refractivity contribution in [2.24, 2.45) is 5.92 Å². The highest BCUT2D eigenvalue weighted by Crippen LogP contribution is 2.34. The first-order chi connectivity index (χ1) is 7.74. The van der Waals surface area contributed by atoms with Gasteiger partial charge in [0.05, 0.1) is 11.7 Å². The smallest absolute Gasteiger partial charge is 0.110 e. The van der Waals surface area contributed by atoms with Crippen LogP contribution in [0.25, 0.3) is 0 Å². The van der Waals surface area contributed by atoms with Gasteiger partial charge in [0, 0.05) is 10.9 Å². The maximum atomic E-state index is 4.81. The van der Waals surface area contributed by atoms with Crippen molar-refractivity contribution in [2.45, 2.75) is 58.0 Å². The number of fused-ring (bicyclic) bond motifs is 1. The molecule has 3 atom stereocenters. The number of hydrogen-bond donors (Lipinski definition) is 1. The number of hydrogen-bond acceptors (Lipinski definition) is 3. The van der Waals surface area contributed by atoms with Gasteiger partial charge in [-0.25, -0.2) is 4.98 Å². The fourth-order valence-corrected chi connectivity index (χ4v) is 3.67. The maximum absolute atomic E-state index is 4.81. The summed E-state index contributed by atoms with van der Waals surface area (Å²) < 4.78 is 0. The summed E-state index contributed by atoms with van der Waals surface area (Å²) in [6.07, 6.45) is 6.50. The van der Waals surface area contributed by atoms with E-state index in [-0.39, 0.29) is 0 Å². The molecule has 88 valence electrons. The molecular formula is C13H20N2S. The maximum Gasteiger partial charge on any atom is 0.110 e. The molecular weight excluding hydrogens is 216 g/mol. The molecule has 1 saturated carbocycles. The van der Waals surface area contributed by atoms with Gasteiger partial charge in [0.15, 0.2) is 0 Å². The van der Waals surface area contributed by atoms with Crippen LogP contribution in [0.5, 0.6) is 0 Å². The Bertz CT molecular complexity index is 362. The first-order valence-electron chi connectivity index (χ1n) is 6.48. The second-order valence-electron chi connectivity index (χ2n) is 5.34.